The third-order valence-corrected chi connectivity index (χ3v) is 4.42. The Morgan fingerprint density at radius 3 is 2.71 bits per heavy atom. The van der Waals surface area contributed by atoms with Crippen molar-refractivity contribution in [2.24, 2.45) is 0 Å². The second-order valence-corrected chi connectivity index (χ2v) is 5.89. The molecule has 5 heteroatoms. The Morgan fingerprint density at radius 1 is 1.10 bits per heavy atom. The Balaban J connectivity index is 1.35. The highest BCUT2D eigenvalue weighted by Crippen LogP contribution is 2.35. The molecule has 1 N–H and O–H groups in total. The lowest BCUT2D eigenvalue weighted by Crippen LogP contribution is -2.55. The SMILES string of the molecule is c1ccc(N2CC(Nc3cc(C4CCC4)ncn3)C2)nc1. The van der Waals surface area contributed by atoms with Crippen LogP contribution in [0.4, 0.5) is 11.6 Å². The van der Waals surface area contributed by atoms with Crippen LogP contribution in [0, 0.1) is 0 Å². The Kier molecular flexibility index (Phi) is 3.18. The van der Waals surface area contributed by atoms with Crippen molar-refractivity contribution in [2.45, 2.75) is 31.2 Å². The maximum atomic E-state index is 4.40. The highest BCUT2D eigenvalue weighted by atomic mass is 15.3. The monoisotopic (exact) mass is 281 g/mol. The summed E-state index contributed by atoms with van der Waals surface area (Å²) in [4.78, 5) is 15.4. The zero-order valence-corrected chi connectivity index (χ0v) is 11.9. The predicted molar refractivity (Wildman–Crippen MR) is 82.5 cm³/mol. The number of hydrogen-bond acceptors (Lipinski definition) is 5. The number of nitrogens with zero attached hydrogens (tertiary/aromatic N) is 4. The van der Waals surface area contributed by atoms with Gasteiger partial charge in [-0.15, -0.1) is 0 Å². The van der Waals surface area contributed by atoms with Gasteiger partial charge >= 0.3 is 0 Å². The molecule has 0 unspecified atom stereocenters. The number of aromatic nitrogens is 3. The number of rotatable bonds is 4. The molecule has 0 amide bonds. The van der Waals surface area contributed by atoms with Crippen LogP contribution >= 0.6 is 0 Å². The van der Waals surface area contributed by atoms with Crippen LogP contribution < -0.4 is 10.2 Å². The molecule has 0 atom stereocenters. The van der Waals surface area contributed by atoms with Gasteiger partial charge in [-0.25, -0.2) is 15.0 Å². The number of nitrogens with one attached hydrogen (secondary N) is 1. The number of anilines is 2. The first kappa shape index (κ1) is 12.6. The molecule has 4 rings (SSSR count). The topological polar surface area (TPSA) is 53.9 Å². The van der Waals surface area contributed by atoms with E-state index in [0.717, 1.165) is 24.7 Å². The van der Waals surface area contributed by atoms with E-state index in [-0.39, 0.29) is 0 Å². The molecule has 2 aliphatic rings. The molecule has 2 aromatic heterocycles. The third kappa shape index (κ3) is 2.55. The lowest BCUT2D eigenvalue weighted by atomic mass is 9.83. The smallest absolute Gasteiger partial charge is 0.129 e. The van der Waals surface area contributed by atoms with Crippen molar-refractivity contribution in [1.29, 1.82) is 0 Å². The molecule has 1 aliphatic carbocycles. The predicted octanol–water partition coefficient (Wildman–Crippen LogP) is 2.44. The minimum atomic E-state index is 0.441. The normalized spacial score (nSPS) is 19.0. The van der Waals surface area contributed by atoms with Crippen molar-refractivity contribution in [3.63, 3.8) is 0 Å². The lowest BCUT2D eigenvalue weighted by molar-refractivity contribution is 0.410. The third-order valence-electron chi connectivity index (χ3n) is 4.42. The van der Waals surface area contributed by atoms with Gasteiger partial charge < -0.3 is 10.2 Å². The first-order chi connectivity index (χ1) is 10.4. The molecule has 108 valence electrons. The van der Waals surface area contributed by atoms with E-state index >= 15 is 0 Å². The molecule has 1 aliphatic heterocycles. The van der Waals surface area contributed by atoms with Gasteiger partial charge in [-0.3, -0.25) is 0 Å². The fourth-order valence-electron chi connectivity index (χ4n) is 2.89. The Hall–Kier alpha value is -2.17. The van der Waals surface area contributed by atoms with Crippen LogP contribution in [0.1, 0.15) is 30.9 Å². The molecule has 3 heterocycles. The van der Waals surface area contributed by atoms with Crippen LogP contribution in [0.5, 0.6) is 0 Å². The molecular formula is C16H19N5. The average molecular weight is 281 g/mol. The highest BCUT2D eigenvalue weighted by molar-refractivity contribution is 5.46. The fourth-order valence-corrected chi connectivity index (χ4v) is 2.89. The Labute approximate surface area is 124 Å². The number of pyridine rings is 1. The molecule has 2 aromatic rings. The van der Waals surface area contributed by atoms with Crippen LogP contribution in [-0.4, -0.2) is 34.1 Å². The van der Waals surface area contributed by atoms with Crippen LogP contribution in [-0.2, 0) is 0 Å². The minimum absolute atomic E-state index is 0.441. The van der Waals surface area contributed by atoms with E-state index in [2.05, 4.69) is 37.3 Å². The van der Waals surface area contributed by atoms with Gasteiger partial charge in [0.1, 0.15) is 18.0 Å². The fraction of sp³-hybridized carbons (Fsp3) is 0.438. The largest absolute Gasteiger partial charge is 0.364 e. The molecule has 21 heavy (non-hydrogen) atoms. The maximum absolute atomic E-state index is 4.40. The molecule has 0 spiro atoms. The van der Waals surface area contributed by atoms with Crippen LogP contribution in [0.2, 0.25) is 0 Å². The first-order valence-corrected chi connectivity index (χ1v) is 7.63. The highest BCUT2D eigenvalue weighted by Gasteiger charge is 2.28. The van der Waals surface area contributed by atoms with Crippen molar-refractivity contribution in [3.8, 4) is 0 Å². The molecule has 0 bridgehead atoms. The molecule has 1 saturated heterocycles. The molecule has 0 radical (unpaired) electrons. The second-order valence-electron chi connectivity index (χ2n) is 5.89. The maximum Gasteiger partial charge on any atom is 0.129 e. The Bertz CT molecular complexity index is 605. The van der Waals surface area contributed by atoms with E-state index in [1.165, 1.54) is 25.0 Å². The summed E-state index contributed by atoms with van der Waals surface area (Å²) in [5, 5.41) is 3.50. The van der Waals surface area contributed by atoms with Crippen molar-refractivity contribution < 1.29 is 0 Å². The van der Waals surface area contributed by atoms with Gasteiger partial charge in [-0.2, -0.15) is 0 Å². The van der Waals surface area contributed by atoms with E-state index in [4.69, 9.17) is 0 Å². The van der Waals surface area contributed by atoms with Gasteiger partial charge in [0.2, 0.25) is 0 Å². The zero-order chi connectivity index (χ0) is 14.1. The van der Waals surface area contributed by atoms with Crippen LogP contribution in [0.15, 0.2) is 36.8 Å². The minimum Gasteiger partial charge on any atom is -0.364 e. The van der Waals surface area contributed by atoms with E-state index in [9.17, 15) is 0 Å². The second kappa shape index (κ2) is 5.31. The van der Waals surface area contributed by atoms with Gasteiger partial charge in [0.25, 0.3) is 0 Å². The standard InChI is InChI=1S/C16H19N5/c1-2-7-17-16(6-1)21-9-13(10-21)20-15-8-14(18-11-19-15)12-4-3-5-12/h1-2,6-8,11-13H,3-5,9-10H2,(H,18,19,20). The summed E-state index contributed by atoms with van der Waals surface area (Å²) in [5.41, 5.74) is 1.19. The molecule has 2 fully saturated rings. The summed E-state index contributed by atoms with van der Waals surface area (Å²) >= 11 is 0. The number of hydrogen-bond donors (Lipinski definition) is 1. The van der Waals surface area contributed by atoms with Gasteiger partial charge in [-0.05, 0) is 25.0 Å². The van der Waals surface area contributed by atoms with Crippen LogP contribution in [0.25, 0.3) is 0 Å². The average Bonchev–Trinajstić information content (AvgIpc) is 2.42. The first-order valence-electron chi connectivity index (χ1n) is 7.63. The van der Waals surface area contributed by atoms with E-state index in [0.29, 0.717) is 12.0 Å². The van der Waals surface area contributed by atoms with E-state index in [1.54, 1.807) is 6.33 Å². The van der Waals surface area contributed by atoms with E-state index in [1.807, 2.05) is 18.3 Å². The summed E-state index contributed by atoms with van der Waals surface area (Å²) in [5.74, 6) is 2.66. The Morgan fingerprint density at radius 2 is 2.00 bits per heavy atom. The summed E-state index contributed by atoms with van der Waals surface area (Å²) < 4.78 is 0. The molecular weight excluding hydrogens is 262 g/mol. The molecule has 0 aromatic carbocycles. The van der Waals surface area contributed by atoms with Crippen molar-refractivity contribution in [3.05, 3.63) is 42.5 Å². The van der Waals surface area contributed by atoms with Crippen molar-refractivity contribution >= 4 is 11.6 Å². The van der Waals surface area contributed by atoms with Gasteiger partial charge in [0.05, 0.1) is 6.04 Å². The summed E-state index contributed by atoms with van der Waals surface area (Å²) in [6.07, 6.45) is 7.40. The zero-order valence-electron chi connectivity index (χ0n) is 11.9. The molecule has 5 nitrogen and oxygen atoms in total. The van der Waals surface area contributed by atoms with Crippen LogP contribution in [0.3, 0.4) is 0 Å². The molecule has 1 saturated carbocycles. The van der Waals surface area contributed by atoms with Crippen molar-refractivity contribution in [1.82, 2.24) is 15.0 Å². The quantitative estimate of drug-likeness (QED) is 0.933. The lowest BCUT2D eigenvalue weighted by Gasteiger charge is -2.40. The van der Waals surface area contributed by atoms with Crippen molar-refractivity contribution in [2.75, 3.05) is 23.3 Å². The summed E-state index contributed by atoms with van der Waals surface area (Å²) in [7, 11) is 0. The van der Waals surface area contributed by atoms with Gasteiger partial charge in [-0.1, -0.05) is 12.5 Å². The van der Waals surface area contributed by atoms with Gasteiger partial charge in [0, 0.05) is 37.0 Å². The summed E-state index contributed by atoms with van der Waals surface area (Å²) in [6.45, 7) is 1.94. The summed E-state index contributed by atoms with van der Waals surface area (Å²) in [6, 6.07) is 8.58. The van der Waals surface area contributed by atoms with Gasteiger partial charge in [0.15, 0.2) is 0 Å². The van der Waals surface area contributed by atoms with E-state index < -0.39 is 0 Å².